The van der Waals surface area contributed by atoms with Crippen molar-refractivity contribution in [3.63, 3.8) is 0 Å². The van der Waals surface area contributed by atoms with Crippen LogP contribution in [0.4, 0.5) is 5.82 Å². The van der Waals surface area contributed by atoms with E-state index >= 15 is 0 Å². The summed E-state index contributed by atoms with van der Waals surface area (Å²) in [6, 6.07) is 3.28. The summed E-state index contributed by atoms with van der Waals surface area (Å²) in [4.78, 5) is 13.0. The third-order valence-corrected chi connectivity index (χ3v) is 3.20. The molecule has 7 nitrogen and oxygen atoms in total. The minimum atomic E-state index is -0.900. The summed E-state index contributed by atoms with van der Waals surface area (Å²) in [5.74, 6) is -1.11. The molecule has 0 spiro atoms. The van der Waals surface area contributed by atoms with E-state index in [2.05, 4.69) is 10.2 Å². The van der Waals surface area contributed by atoms with Crippen molar-refractivity contribution in [2.45, 2.75) is 13.0 Å². The Kier molecular flexibility index (Phi) is 3.92. The lowest BCUT2D eigenvalue weighted by Gasteiger charge is -2.30. The van der Waals surface area contributed by atoms with Crippen molar-refractivity contribution in [2.75, 3.05) is 24.7 Å². The van der Waals surface area contributed by atoms with E-state index in [9.17, 15) is 9.90 Å². The smallest absolute Gasteiger partial charge is 0.311 e. The molecular formula is C12H14N4O3. The second-order valence-electron chi connectivity index (χ2n) is 4.22. The van der Waals surface area contributed by atoms with Gasteiger partial charge in [-0.3, -0.25) is 4.79 Å². The van der Waals surface area contributed by atoms with Crippen molar-refractivity contribution in [3.05, 3.63) is 17.8 Å². The molecule has 0 aliphatic carbocycles. The molecule has 0 aromatic carbocycles. The molecule has 1 fully saturated rings. The number of aliphatic carboxylic acids is 1. The van der Waals surface area contributed by atoms with E-state index in [0.717, 1.165) is 0 Å². The van der Waals surface area contributed by atoms with Crippen LogP contribution in [0.2, 0.25) is 0 Å². The number of carbonyl (C=O) groups is 1. The topological polar surface area (TPSA) is 99.3 Å². The number of nitriles is 1. The number of aromatic nitrogens is 2. The first-order valence-corrected chi connectivity index (χ1v) is 5.98. The first-order valence-electron chi connectivity index (χ1n) is 5.98. The molecule has 0 saturated carbocycles. The highest BCUT2D eigenvalue weighted by molar-refractivity contribution is 5.72. The highest BCUT2D eigenvalue weighted by Crippen LogP contribution is 2.26. The predicted molar refractivity (Wildman–Crippen MR) is 65.5 cm³/mol. The minimum Gasteiger partial charge on any atom is -0.481 e. The maximum absolute atomic E-state index is 11.2. The monoisotopic (exact) mass is 262 g/mol. The van der Waals surface area contributed by atoms with Gasteiger partial charge in [-0.1, -0.05) is 0 Å². The van der Waals surface area contributed by atoms with Gasteiger partial charge >= 0.3 is 5.97 Å². The van der Waals surface area contributed by atoms with E-state index in [0.29, 0.717) is 24.5 Å². The summed E-state index contributed by atoms with van der Waals surface area (Å²) < 4.78 is 5.26. The van der Waals surface area contributed by atoms with Crippen LogP contribution in [0, 0.1) is 17.2 Å². The first-order chi connectivity index (χ1) is 9.19. The fourth-order valence-electron chi connectivity index (χ4n) is 2.25. The number of likely N-dealkylation sites (N-methyl/N-ethyl adjacent to an activating group) is 1. The third-order valence-electron chi connectivity index (χ3n) is 3.20. The van der Waals surface area contributed by atoms with E-state index in [1.165, 1.54) is 6.20 Å². The highest BCUT2D eigenvalue weighted by atomic mass is 16.5. The first kappa shape index (κ1) is 13.2. The SMILES string of the molecule is CCN(c1nnccc1C#N)C1COCC1C(=O)O. The van der Waals surface area contributed by atoms with Gasteiger partial charge in [-0.2, -0.15) is 10.4 Å². The van der Waals surface area contributed by atoms with Crippen LogP contribution in [-0.4, -0.2) is 47.1 Å². The number of nitrogens with zero attached hydrogens (tertiary/aromatic N) is 4. The lowest BCUT2D eigenvalue weighted by Crippen LogP contribution is -2.44. The maximum atomic E-state index is 11.2. The number of hydrogen-bond acceptors (Lipinski definition) is 6. The normalized spacial score (nSPS) is 21.9. The summed E-state index contributed by atoms with van der Waals surface area (Å²) in [5.41, 5.74) is 0.382. The summed E-state index contributed by atoms with van der Waals surface area (Å²) in [6.45, 7) is 2.91. The Morgan fingerprint density at radius 2 is 2.47 bits per heavy atom. The molecule has 2 heterocycles. The second-order valence-corrected chi connectivity index (χ2v) is 4.22. The van der Waals surface area contributed by atoms with E-state index in [1.54, 1.807) is 11.0 Å². The fourth-order valence-corrected chi connectivity index (χ4v) is 2.25. The second kappa shape index (κ2) is 5.63. The van der Waals surface area contributed by atoms with Crippen LogP contribution in [0.1, 0.15) is 12.5 Å². The molecule has 2 atom stereocenters. The lowest BCUT2D eigenvalue weighted by molar-refractivity contribution is -0.141. The molecule has 0 bridgehead atoms. The molecule has 0 amide bonds. The fraction of sp³-hybridized carbons (Fsp3) is 0.500. The zero-order chi connectivity index (χ0) is 13.8. The third kappa shape index (κ3) is 2.48. The number of rotatable bonds is 4. The van der Waals surface area contributed by atoms with Gasteiger partial charge < -0.3 is 14.7 Å². The molecular weight excluding hydrogens is 248 g/mol. The Balaban J connectivity index is 2.34. The molecule has 1 saturated heterocycles. The quantitative estimate of drug-likeness (QED) is 0.831. The standard InChI is InChI=1S/C12H14N4O3/c1-2-16(10-7-19-6-9(10)12(17)18)11-8(5-13)3-4-14-15-11/h3-4,9-10H,2,6-7H2,1H3,(H,17,18). The number of carboxylic acid groups (broad SMARTS) is 1. The van der Waals surface area contributed by atoms with Gasteiger partial charge in [0, 0.05) is 6.54 Å². The van der Waals surface area contributed by atoms with Crippen LogP contribution in [0.5, 0.6) is 0 Å². The van der Waals surface area contributed by atoms with Crippen LogP contribution in [0.3, 0.4) is 0 Å². The van der Waals surface area contributed by atoms with E-state index in [4.69, 9.17) is 10.00 Å². The van der Waals surface area contributed by atoms with Crippen molar-refractivity contribution >= 4 is 11.8 Å². The summed E-state index contributed by atoms with van der Waals surface area (Å²) in [6.07, 6.45) is 1.44. The number of hydrogen-bond donors (Lipinski definition) is 1. The molecule has 2 unspecified atom stereocenters. The predicted octanol–water partition coefficient (Wildman–Crippen LogP) is 0.274. The van der Waals surface area contributed by atoms with Crippen LogP contribution in [0.15, 0.2) is 12.3 Å². The van der Waals surface area contributed by atoms with Crippen LogP contribution >= 0.6 is 0 Å². The number of anilines is 1. The van der Waals surface area contributed by atoms with Gasteiger partial charge in [0.05, 0.1) is 31.0 Å². The lowest BCUT2D eigenvalue weighted by atomic mass is 10.0. The Morgan fingerprint density at radius 3 is 3.11 bits per heavy atom. The van der Waals surface area contributed by atoms with E-state index in [1.807, 2.05) is 13.0 Å². The Morgan fingerprint density at radius 1 is 1.68 bits per heavy atom. The molecule has 1 aromatic rings. The average molecular weight is 262 g/mol. The Bertz CT molecular complexity index is 514. The van der Waals surface area contributed by atoms with Crippen molar-refractivity contribution in [1.29, 1.82) is 5.26 Å². The van der Waals surface area contributed by atoms with Crippen molar-refractivity contribution in [3.8, 4) is 6.07 Å². The number of carboxylic acids is 1. The summed E-state index contributed by atoms with van der Waals surface area (Å²) in [7, 11) is 0. The molecule has 1 aromatic heterocycles. The van der Waals surface area contributed by atoms with Gasteiger partial charge in [-0.25, -0.2) is 0 Å². The van der Waals surface area contributed by atoms with E-state index in [-0.39, 0.29) is 12.6 Å². The molecule has 19 heavy (non-hydrogen) atoms. The van der Waals surface area contributed by atoms with Gasteiger partial charge in [-0.15, -0.1) is 5.10 Å². The Hall–Kier alpha value is -2.20. The molecule has 100 valence electrons. The van der Waals surface area contributed by atoms with Crippen LogP contribution in [-0.2, 0) is 9.53 Å². The van der Waals surface area contributed by atoms with Crippen molar-refractivity contribution in [1.82, 2.24) is 10.2 Å². The van der Waals surface area contributed by atoms with Gasteiger partial charge in [0.1, 0.15) is 12.0 Å². The van der Waals surface area contributed by atoms with Crippen molar-refractivity contribution in [2.24, 2.45) is 5.92 Å². The molecule has 1 aliphatic rings. The summed E-state index contributed by atoms with van der Waals surface area (Å²) in [5, 5.41) is 26.0. The maximum Gasteiger partial charge on any atom is 0.311 e. The zero-order valence-corrected chi connectivity index (χ0v) is 10.5. The van der Waals surface area contributed by atoms with Crippen LogP contribution < -0.4 is 4.90 Å². The zero-order valence-electron chi connectivity index (χ0n) is 10.5. The molecule has 1 aliphatic heterocycles. The molecule has 0 radical (unpaired) electrons. The van der Waals surface area contributed by atoms with Gasteiger partial charge in [0.25, 0.3) is 0 Å². The minimum absolute atomic E-state index is 0.179. The summed E-state index contributed by atoms with van der Waals surface area (Å²) >= 11 is 0. The Labute approximate surface area is 110 Å². The largest absolute Gasteiger partial charge is 0.481 e. The average Bonchev–Trinajstić information content (AvgIpc) is 2.89. The molecule has 2 rings (SSSR count). The van der Waals surface area contributed by atoms with Gasteiger partial charge in [0.2, 0.25) is 0 Å². The molecule has 7 heteroatoms. The van der Waals surface area contributed by atoms with Gasteiger partial charge in [0.15, 0.2) is 5.82 Å². The van der Waals surface area contributed by atoms with E-state index < -0.39 is 11.9 Å². The number of ether oxygens (including phenoxy) is 1. The van der Waals surface area contributed by atoms with Gasteiger partial charge in [-0.05, 0) is 13.0 Å². The van der Waals surface area contributed by atoms with Crippen molar-refractivity contribution < 1.29 is 14.6 Å². The molecule has 1 N–H and O–H groups in total. The highest BCUT2D eigenvalue weighted by Gasteiger charge is 2.38. The van der Waals surface area contributed by atoms with Crippen LogP contribution in [0.25, 0.3) is 0 Å².